The lowest BCUT2D eigenvalue weighted by molar-refractivity contribution is 0.102. The van der Waals surface area contributed by atoms with E-state index < -0.39 is 10.0 Å². The molecule has 6 nitrogen and oxygen atoms in total. The summed E-state index contributed by atoms with van der Waals surface area (Å²) in [7, 11) is -3.55. The minimum atomic E-state index is -3.55. The van der Waals surface area contributed by atoms with Gasteiger partial charge in [0.05, 0.1) is 17.2 Å². The number of carbonyl (C=O) groups is 1. The molecule has 2 aromatic rings. The average Bonchev–Trinajstić information content (AvgIpc) is 2.70. The number of anilines is 1. The lowest BCUT2D eigenvalue weighted by atomic mass is 10.1. The fourth-order valence-corrected chi connectivity index (χ4v) is 5.09. The highest BCUT2D eigenvalue weighted by molar-refractivity contribution is 7.89. The van der Waals surface area contributed by atoms with Gasteiger partial charge in [0.25, 0.3) is 5.91 Å². The Kier molecular flexibility index (Phi) is 6.36. The van der Waals surface area contributed by atoms with Gasteiger partial charge in [-0.2, -0.15) is 4.31 Å². The Morgan fingerprint density at radius 2 is 1.86 bits per heavy atom. The fourth-order valence-electron chi connectivity index (χ4n) is 3.39. The molecule has 150 valence electrons. The van der Waals surface area contributed by atoms with Crippen LogP contribution >= 0.6 is 0 Å². The smallest absolute Gasteiger partial charge is 0.255 e. The molecule has 28 heavy (non-hydrogen) atoms. The molecule has 1 N–H and O–H groups in total. The number of hydrogen-bond acceptors (Lipinski definition) is 4. The molecule has 1 saturated heterocycles. The molecule has 0 unspecified atom stereocenters. The van der Waals surface area contributed by atoms with Crippen molar-refractivity contribution in [3.63, 3.8) is 0 Å². The van der Waals surface area contributed by atoms with Crippen LogP contribution in [0.5, 0.6) is 5.75 Å². The Morgan fingerprint density at radius 1 is 1.14 bits per heavy atom. The van der Waals surface area contributed by atoms with E-state index in [4.69, 9.17) is 4.74 Å². The van der Waals surface area contributed by atoms with E-state index in [1.165, 1.54) is 12.1 Å². The van der Waals surface area contributed by atoms with Crippen molar-refractivity contribution in [2.24, 2.45) is 0 Å². The number of rotatable bonds is 6. The summed E-state index contributed by atoms with van der Waals surface area (Å²) in [6.45, 7) is 4.85. The second-order valence-corrected chi connectivity index (χ2v) is 8.76. The lowest BCUT2D eigenvalue weighted by Gasteiger charge is -2.32. The first-order chi connectivity index (χ1) is 13.4. The quantitative estimate of drug-likeness (QED) is 0.795. The number of nitrogens with one attached hydrogen (secondary N) is 1. The van der Waals surface area contributed by atoms with Gasteiger partial charge < -0.3 is 10.1 Å². The van der Waals surface area contributed by atoms with Gasteiger partial charge in [-0.25, -0.2) is 8.42 Å². The van der Waals surface area contributed by atoms with E-state index in [-0.39, 0.29) is 16.8 Å². The van der Waals surface area contributed by atoms with Crippen LogP contribution in [0.25, 0.3) is 0 Å². The number of nitrogens with zero attached hydrogens (tertiary/aromatic N) is 1. The van der Waals surface area contributed by atoms with E-state index in [1.807, 2.05) is 26.0 Å². The second-order valence-electron chi connectivity index (χ2n) is 6.87. The van der Waals surface area contributed by atoms with Gasteiger partial charge in [-0.05, 0) is 63.1 Å². The normalized spacial score (nSPS) is 17.9. The van der Waals surface area contributed by atoms with E-state index in [2.05, 4.69) is 5.32 Å². The molecule has 1 fully saturated rings. The molecule has 0 saturated carbocycles. The number of amides is 1. The monoisotopic (exact) mass is 402 g/mol. The predicted molar refractivity (Wildman–Crippen MR) is 109 cm³/mol. The molecular formula is C21H26N2O4S. The summed E-state index contributed by atoms with van der Waals surface area (Å²) in [5.74, 6) is 0.277. The summed E-state index contributed by atoms with van der Waals surface area (Å²) in [6, 6.07) is 13.3. The van der Waals surface area contributed by atoms with Crippen molar-refractivity contribution in [2.75, 3.05) is 18.5 Å². The van der Waals surface area contributed by atoms with Crippen molar-refractivity contribution in [1.82, 2.24) is 4.31 Å². The maximum atomic E-state index is 12.9. The highest BCUT2D eigenvalue weighted by Gasteiger charge is 2.30. The number of hydrogen-bond donors (Lipinski definition) is 1. The summed E-state index contributed by atoms with van der Waals surface area (Å²) in [5.41, 5.74) is 0.963. The number of benzene rings is 2. The average molecular weight is 403 g/mol. The molecule has 3 rings (SSSR count). The third-order valence-electron chi connectivity index (χ3n) is 4.90. The molecular weight excluding hydrogens is 376 g/mol. The topological polar surface area (TPSA) is 75.7 Å². The molecule has 0 spiro atoms. The van der Waals surface area contributed by atoms with Crippen LogP contribution in [0.2, 0.25) is 0 Å². The lowest BCUT2D eigenvalue weighted by Crippen LogP contribution is -2.41. The van der Waals surface area contributed by atoms with Crippen LogP contribution in [0, 0.1) is 0 Å². The van der Waals surface area contributed by atoms with Gasteiger partial charge in [-0.15, -0.1) is 0 Å². The molecule has 0 aromatic heterocycles. The first-order valence-corrected chi connectivity index (χ1v) is 11.0. The SMILES string of the molecule is CCOc1ccccc1NC(=O)c1ccc(S(=O)(=O)N2CCCC[C@@H]2C)cc1. The van der Waals surface area contributed by atoms with Crippen LogP contribution in [-0.2, 0) is 10.0 Å². The Labute approximate surface area is 166 Å². The van der Waals surface area contributed by atoms with E-state index >= 15 is 0 Å². The molecule has 0 radical (unpaired) electrons. The Bertz CT molecular complexity index is 926. The summed E-state index contributed by atoms with van der Waals surface area (Å²) < 4.78 is 32.9. The van der Waals surface area contributed by atoms with E-state index in [0.29, 0.717) is 30.2 Å². The van der Waals surface area contributed by atoms with Crippen molar-refractivity contribution < 1.29 is 17.9 Å². The first kappa shape index (κ1) is 20.4. The Hall–Kier alpha value is -2.38. The van der Waals surface area contributed by atoms with Crippen molar-refractivity contribution in [2.45, 2.75) is 44.0 Å². The third kappa shape index (κ3) is 4.36. The predicted octanol–water partition coefficient (Wildman–Crippen LogP) is 3.90. The molecule has 1 aliphatic heterocycles. The number of piperidine rings is 1. The zero-order valence-corrected chi connectivity index (χ0v) is 17.0. The zero-order valence-electron chi connectivity index (χ0n) is 16.2. The number of ether oxygens (including phenoxy) is 1. The minimum absolute atomic E-state index is 0.00297. The van der Waals surface area contributed by atoms with Gasteiger partial charge in [-0.1, -0.05) is 18.6 Å². The standard InChI is InChI=1S/C21H26N2O4S/c1-3-27-20-10-5-4-9-19(20)22-21(24)17-11-13-18(14-12-17)28(25,26)23-15-7-6-8-16(23)2/h4-5,9-14,16H,3,6-8,15H2,1-2H3,(H,22,24)/t16-/m0/s1. The zero-order chi connectivity index (χ0) is 20.1. The number of carbonyl (C=O) groups excluding carboxylic acids is 1. The van der Waals surface area contributed by atoms with Crippen LogP contribution in [0.4, 0.5) is 5.69 Å². The molecule has 1 heterocycles. The summed E-state index contributed by atoms with van der Waals surface area (Å²) in [6.07, 6.45) is 2.80. The van der Waals surface area contributed by atoms with E-state index in [0.717, 1.165) is 19.3 Å². The van der Waals surface area contributed by atoms with Crippen molar-refractivity contribution >= 4 is 21.6 Å². The van der Waals surface area contributed by atoms with Crippen molar-refractivity contribution in [3.8, 4) is 5.75 Å². The van der Waals surface area contributed by atoms with Gasteiger partial charge in [-0.3, -0.25) is 4.79 Å². The maximum Gasteiger partial charge on any atom is 0.255 e. The number of para-hydroxylation sites is 2. The van der Waals surface area contributed by atoms with Gasteiger partial charge in [0.2, 0.25) is 10.0 Å². The second kappa shape index (κ2) is 8.75. The molecule has 0 aliphatic carbocycles. The Balaban J connectivity index is 1.76. The van der Waals surface area contributed by atoms with Crippen LogP contribution in [0.1, 0.15) is 43.5 Å². The van der Waals surface area contributed by atoms with Crippen LogP contribution < -0.4 is 10.1 Å². The van der Waals surface area contributed by atoms with Gasteiger partial charge in [0, 0.05) is 18.2 Å². The van der Waals surface area contributed by atoms with Crippen LogP contribution in [0.3, 0.4) is 0 Å². The maximum absolute atomic E-state index is 12.9. The van der Waals surface area contributed by atoms with Gasteiger partial charge >= 0.3 is 0 Å². The first-order valence-electron chi connectivity index (χ1n) is 9.58. The molecule has 2 aromatic carbocycles. The number of sulfonamides is 1. The Morgan fingerprint density at radius 3 is 2.54 bits per heavy atom. The molecule has 0 bridgehead atoms. The third-order valence-corrected chi connectivity index (χ3v) is 6.93. The van der Waals surface area contributed by atoms with Crippen LogP contribution in [0.15, 0.2) is 53.4 Å². The van der Waals surface area contributed by atoms with Crippen molar-refractivity contribution in [3.05, 3.63) is 54.1 Å². The summed E-state index contributed by atoms with van der Waals surface area (Å²) >= 11 is 0. The molecule has 7 heteroatoms. The highest BCUT2D eigenvalue weighted by atomic mass is 32.2. The van der Waals surface area contributed by atoms with E-state index in [1.54, 1.807) is 28.6 Å². The minimum Gasteiger partial charge on any atom is -0.492 e. The fraction of sp³-hybridized carbons (Fsp3) is 0.381. The molecule has 1 aliphatic rings. The van der Waals surface area contributed by atoms with Gasteiger partial charge in [0.15, 0.2) is 0 Å². The summed E-state index contributed by atoms with van der Waals surface area (Å²) in [5, 5.41) is 2.82. The highest BCUT2D eigenvalue weighted by Crippen LogP contribution is 2.26. The van der Waals surface area contributed by atoms with Crippen molar-refractivity contribution in [1.29, 1.82) is 0 Å². The molecule has 1 atom stereocenters. The van der Waals surface area contributed by atoms with Gasteiger partial charge in [0.1, 0.15) is 5.75 Å². The van der Waals surface area contributed by atoms with E-state index in [9.17, 15) is 13.2 Å². The van der Waals surface area contributed by atoms with Crippen LogP contribution in [-0.4, -0.2) is 37.8 Å². The molecule has 1 amide bonds. The largest absolute Gasteiger partial charge is 0.492 e. The summed E-state index contributed by atoms with van der Waals surface area (Å²) in [4.78, 5) is 12.8.